The maximum atomic E-state index is 9.11. The van der Waals surface area contributed by atoms with Crippen molar-refractivity contribution in [1.82, 2.24) is 10.2 Å². The molecule has 3 fully saturated rings. The zero-order chi connectivity index (χ0) is 11.7. The lowest BCUT2D eigenvalue weighted by Crippen LogP contribution is -2.34. The lowest BCUT2D eigenvalue weighted by molar-refractivity contribution is 0.297. The van der Waals surface area contributed by atoms with E-state index in [-0.39, 0.29) is 6.04 Å². The van der Waals surface area contributed by atoms with E-state index in [1.165, 1.54) is 45.2 Å². The molecular formula is C14H23N3. The standard InChI is InChI=1S/C14H23N3/c15-8-14(16-13-4-5-13)6-7-17-9-11-2-1-3-12(11)10-17/h11-14,16H,1-7,9-10H2. The first kappa shape index (κ1) is 11.5. The van der Waals surface area contributed by atoms with Gasteiger partial charge in [0.25, 0.3) is 0 Å². The fourth-order valence-corrected chi connectivity index (χ4v) is 3.55. The lowest BCUT2D eigenvalue weighted by Gasteiger charge is -2.19. The Balaban J connectivity index is 1.40. The topological polar surface area (TPSA) is 39.1 Å². The Morgan fingerprint density at radius 2 is 1.88 bits per heavy atom. The second-order valence-corrected chi connectivity index (χ2v) is 6.12. The van der Waals surface area contributed by atoms with E-state index in [2.05, 4.69) is 16.3 Å². The van der Waals surface area contributed by atoms with Crippen LogP contribution in [0, 0.1) is 23.2 Å². The summed E-state index contributed by atoms with van der Waals surface area (Å²) in [5.74, 6) is 1.96. The number of rotatable bonds is 5. The van der Waals surface area contributed by atoms with Gasteiger partial charge in [0.2, 0.25) is 0 Å². The molecule has 0 aromatic heterocycles. The molecule has 0 aromatic carbocycles. The number of hydrogen-bond donors (Lipinski definition) is 1. The predicted octanol–water partition coefficient (Wildman–Crippen LogP) is 1.75. The predicted molar refractivity (Wildman–Crippen MR) is 67.4 cm³/mol. The van der Waals surface area contributed by atoms with Crippen molar-refractivity contribution in [3.63, 3.8) is 0 Å². The summed E-state index contributed by atoms with van der Waals surface area (Å²) in [5.41, 5.74) is 0. The van der Waals surface area contributed by atoms with Crippen LogP contribution in [0.4, 0.5) is 0 Å². The van der Waals surface area contributed by atoms with Crippen LogP contribution in [0.25, 0.3) is 0 Å². The van der Waals surface area contributed by atoms with E-state index in [0.717, 1.165) is 24.8 Å². The highest BCUT2D eigenvalue weighted by Gasteiger charge is 2.36. The molecule has 3 aliphatic rings. The Morgan fingerprint density at radius 3 is 2.47 bits per heavy atom. The van der Waals surface area contributed by atoms with Gasteiger partial charge in [0.05, 0.1) is 12.1 Å². The van der Waals surface area contributed by atoms with Crippen molar-refractivity contribution >= 4 is 0 Å². The van der Waals surface area contributed by atoms with Crippen molar-refractivity contribution in [2.75, 3.05) is 19.6 Å². The average molecular weight is 233 g/mol. The molecule has 3 unspecified atom stereocenters. The number of likely N-dealkylation sites (tertiary alicyclic amines) is 1. The maximum absolute atomic E-state index is 9.11. The minimum Gasteiger partial charge on any atom is -0.303 e. The highest BCUT2D eigenvalue weighted by molar-refractivity contribution is 4.97. The summed E-state index contributed by atoms with van der Waals surface area (Å²) in [6, 6.07) is 3.15. The summed E-state index contributed by atoms with van der Waals surface area (Å²) in [7, 11) is 0. The SMILES string of the molecule is N#CC(CCN1CC2CCCC2C1)NC1CC1. The minimum atomic E-state index is 0.0861. The van der Waals surface area contributed by atoms with Crippen LogP contribution >= 0.6 is 0 Å². The smallest absolute Gasteiger partial charge is 0.0967 e. The molecule has 3 atom stereocenters. The molecule has 3 nitrogen and oxygen atoms in total. The molecule has 0 bridgehead atoms. The molecule has 0 aromatic rings. The van der Waals surface area contributed by atoms with Gasteiger partial charge in [0.1, 0.15) is 0 Å². The molecule has 3 heteroatoms. The second-order valence-electron chi connectivity index (χ2n) is 6.12. The van der Waals surface area contributed by atoms with Gasteiger partial charge in [-0.2, -0.15) is 5.26 Å². The van der Waals surface area contributed by atoms with Crippen molar-refractivity contribution in [1.29, 1.82) is 5.26 Å². The summed E-state index contributed by atoms with van der Waals surface area (Å²) in [6.45, 7) is 3.71. The van der Waals surface area contributed by atoms with E-state index in [4.69, 9.17) is 5.26 Å². The van der Waals surface area contributed by atoms with Crippen LogP contribution in [0.1, 0.15) is 38.5 Å². The van der Waals surface area contributed by atoms with Gasteiger partial charge >= 0.3 is 0 Å². The number of nitriles is 1. The summed E-state index contributed by atoms with van der Waals surface area (Å²) in [4.78, 5) is 2.59. The van der Waals surface area contributed by atoms with Gasteiger partial charge in [-0.25, -0.2) is 0 Å². The van der Waals surface area contributed by atoms with Crippen LogP contribution in [0.15, 0.2) is 0 Å². The second kappa shape index (κ2) is 4.96. The van der Waals surface area contributed by atoms with E-state index in [1.54, 1.807) is 0 Å². The molecule has 1 aliphatic heterocycles. The zero-order valence-electron chi connectivity index (χ0n) is 10.6. The largest absolute Gasteiger partial charge is 0.303 e. The molecule has 3 rings (SSSR count). The number of fused-ring (bicyclic) bond motifs is 1. The number of nitrogens with one attached hydrogen (secondary N) is 1. The van der Waals surface area contributed by atoms with Gasteiger partial charge in [-0.15, -0.1) is 0 Å². The number of nitrogens with zero attached hydrogens (tertiary/aromatic N) is 2. The Kier molecular flexibility index (Phi) is 3.35. The highest BCUT2D eigenvalue weighted by atomic mass is 15.2. The van der Waals surface area contributed by atoms with Crippen LogP contribution in [0.5, 0.6) is 0 Å². The Morgan fingerprint density at radius 1 is 1.18 bits per heavy atom. The molecule has 17 heavy (non-hydrogen) atoms. The van der Waals surface area contributed by atoms with Crippen molar-refractivity contribution in [3.8, 4) is 6.07 Å². The van der Waals surface area contributed by atoms with Gasteiger partial charge < -0.3 is 4.90 Å². The third kappa shape index (κ3) is 2.81. The molecule has 0 spiro atoms. The third-order valence-electron chi connectivity index (χ3n) is 4.71. The summed E-state index contributed by atoms with van der Waals surface area (Å²) in [6.07, 6.45) is 7.89. The molecule has 0 amide bonds. The van der Waals surface area contributed by atoms with Crippen LogP contribution in [0.3, 0.4) is 0 Å². The first-order chi connectivity index (χ1) is 8.35. The molecule has 2 saturated carbocycles. The summed E-state index contributed by atoms with van der Waals surface area (Å²) in [5, 5.41) is 12.5. The van der Waals surface area contributed by atoms with Crippen LogP contribution in [0.2, 0.25) is 0 Å². The molecule has 1 N–H and O–H groups in total. The van der Waals surface area contributed by atoms with Gasteiger partial charge in [-0.05, 0) is 43.9 Å². The zero-order valence-corrected chi connectivity index (χ0v) is 10.6. The molecule has 94 valence electrons. The Labute approximate surface area is 104 Å². The third-order valence-corrected chi connectivity index (χ3v) is 4.71. The van der Waals surface area contributed by atoms with Crippen molar-refractivity contribution in [2.24, 2.45) is 11.8 Å². The quantitative estimate of drug-likeness (QED) is 0.786. The van der Waals surface area contributed by atoms with Gasteiger partial charge in [-0.1, -0.05) is 6.42 Å². The first-order valence-corrected chi connectivity index (χ1v) is 7.23. The van der Waals surface area contributed by atoms with E-state index < -0.39 is 0 Å². The summed E-state index contributed by atoms with van der Waals surface area (Å²) >= 11 is 0. The molecular weight excluding hydrogens is 210 g/mol. The monoisotopic (exact) mass is 233 g/mol. The highest BCUT2D eigenvalue weighted by Crippen LogP contribution is 2.37. The molecule has 0 radical (unpaired) electrons. The Hall–Kier alpha value is -0.590. The fraction of sp³-hybridized carbons (Fsp3) is 0.929. The van der Waals surface area contributed by atoms with Crippen LogP contribution < -0.4 is 5.32 Å². The molecule has 1 heterocycles. The molecule has 2 aliphatic carbocycles. The fourth-order valence-electron chi connectivity index (χ4n) is 3.55. The minimum absolute atomic E-state index is 0.0861. The molecule has 1 saturated heterocycles. The maximum Gasteiger partial charge on any atom is 0.0967 e. The van der Waals surface area contributed by atoms with Crippen molar-refractivity contribution < 1.29 is 0 Å². The Bertz CT molecular complexity index is 293. The lowest BCUT2D eigenvalue weighted by atomic mass is 10.0. The van der Waals surface area contributed by atoms with Gasteiger partial charge in [0.15, 0.2) is 0 Å². The van der Waals surface area contributed by atoms with Crippen molar-refractivity contribution in [2.45, 2.75) is 50.6 Å². The van der Waals surface area contributed by atoms with E-state index in [1.807, 2.05) is 0 Å². The average Bonchev–Trinajstić information content (AvgIpc) is 2.89. The summed E-state index contributed by atoms with van der Waals surface area (Å²) < 4.78 is 0. The number of hydrogen-bond acceptors (Lipinski definition) is 3. The van der Waals surface area contributed by atoms with Gasteiger partial charge in [0, 0.05) is 25.7 Å². The van der Waals surface area contributed by atoms with Crippen LogP contribution in [-0.4, -0.2) is 36.6 Å². The van der Waals surface area contributed by atoms with Gasteiger partial charge in [-0.3, -0.25) is 5.32 Å². The van der Waals surface area contributed by atoms with Crippen LogP contribution in [-0.2, 0) is 0 Å². The van der Waals surface area contributed by atoms with Crippen molar-refractivity contribution in [3.05, 3.63) is 0 Å². The van der Waals surface area contributed by atoms with E-state index in [0.29, 0.717) is 6.04 Å². The van der Waals surface area contributed by atoms with E-state index in [9.17, 15) is 0 Å². The normalized spacial score (nSPS) is 34.5. The first-order valence-electron chi connectivity index (χ1n) is 7.23. The van der Waals surface area contributed by atoms with E-state index >= 15 is 0 Å².